The van der Waals surface area contributed by atoms with Crippen molar-refractivity contribution in [1.29, 1.82) is 0 Å². The summed E-state index contributed by atoms with van der Waals surface area (Å²) in [6.45, 7) is 2.82. The lowest BCUT2D eigenvalue weighted by atomic mass is 10.2. The topological polar surface area (TPSA) is 74.2 Å². The second-order valence-electron chi connectivity index (χ2n) is 6.48. The molecule has 1 amide bonds. The van der Waals surface area contributed by atoms with Crippen LogP contribution in [0.25, 0.3) is 0 Å². The van der Waals surface area contributed by atoms with E-state index in [0.717, 1.165) is 24.5 Å². The number of hydrogen-bond acceptors (Lipinski definition) is 7. The van der Waals surface area contributed by atoms with Crippen LogP contribution in [0, 0.1) is 0 Å². The molecule has 1 saturated heterocycles. The summed E-state index contributed by atoms with van der Waals surface area (Å²) in [4.78, 5) is 29.4. The number of anilines is 3. The van der Waals surface area contributed by atoms with E-state index in [1.54, 1.807) is 24.5 Å². The van der Waals surface area contributed by atoms with Gasteiger partial charge < -0.3 is 15.1 Å². The standard InChI is InChI=1S/C19H18Cl2N6OS/c20-15-3-2-14(11-16(15)21)26-6-8-27(9-7-26)17(28)10-13-12-29-19(24-13)25-18-22-4-1-5-23-18/h1-5,11-12H,6-10H2,(H,22,23,24,25). The molecule has 4 rings (SSSR count). The van der Waals surface area contributed by atoms with Crippen LogP contribution in [-0.4, -0.2) is 51.9 Å². The maximum absolute atomic E-state index is 12.7. The van der Waals surface area contributed by atoms with Gasteiger partial charge in [-0.15, -0.1) is 11.3 Å². The van der Waals surface area contributed by atoms with Crippen LogP contribution in [0.1, 0.15) is 5.69 Å². The molecule has 29 heavy (non-hydrogen) atoms. The second kappa shape index (κ2) is 8.94. The first kappa shape index (κ1) is 19.9. The van der Waals surface area contributed by atoms with Crippen molar-refractivity contribution in [3.63, 3.8) is 0 Å². The number of benzene rings is 1. The van der Waals surface area contributed by atoms with E-state index in [0.29, 0.717) is 34.2 Å². The molecule has 0 spiro atoms. The molecule has 1 fully saturated rings. The Balaban J connectivity index is 1.30. The van der Waals surface area contributed by atoms with Crippen LogP contribution < -0.4 is 10.2 Å². The third-order valence-electron chi connectivity index (χ3n) is 4.57. The highest BCUT2D eigenvalue weighted by molar-refractivity contribution is 7.13. The molecule has 0 atom stereocenters. The minimum atomic E-state index is 0.0756. The Kier molecular flexibility index (Phi) is 6.13. The third kappa shape index (κ3) is 4.95. The van der Waals surface area contributed by atoms with Crippen LogP contribution in [0.2, 0.25) is 10.0 Å². The van der Waals surface area contributed by atoms with Gasteiger partial charge in [-0.1, -0.05) is 23.2 Å². The molecule has 2 aromatic heterocycles. The average molecular weight is 449 g/mol. The van der Waals surface area contributed by atoms with Crippen molar-refractivity contribution in [2.24, 2.45) is 0 Å². The van der Waals surface area contributed by atoms with Crippen molar-refractivity contribution in [1.82, 2.24) is 19.9 Å². The van der Waals surface area contributed by atoms with Crippen molar-refractivity contribution in [3.8, 4) is 0 Å². The number of amides is 1. The third-order valence-corrected chi connectivity index (χ3v) is 6.11. The highest BCUT2D eigenvalue weighted by atomic mass is 35.5. The SMILES string of the molecule is O=C(Cc1csc(Nc2ncccn2)n1)N1CCN(c2ccc(Cl)c(Cl)c2)CC1. The number of rotatable bonds is 5. The van der Waals surface area contributed by atoms with E-state index in [1.165, 1.54) is 11.3 Å². The number of nitrogens with one attached hydrogen (secondary N) is 1. The Morgan fingerprint density at radius 2 is 1.86 bits per heavy atom. The normalized spacial score (nSPS) is 14.1. The summed E-state index contributed by atoms with van der Waals surface area (Å²) in [5.41, 5.74) is 1.76. The van der Waals surface area contributed by atoms with E-state index < -0.39 is 0 Å². The molecule has 0 aliphatic carbocycles. The Morgan fingerprint density at radius 3 is 2.59 bits per heavy atom. The van der Waals surface area contributed by atoms with Gasteiger partial charge in [-0.2, -0.15) is 0 Å². The molecule has 3 aromatic rings. The van der Waals surface area contributed by atoms with E-state index >= 15 is 0 Å². The lowest BCUT2D eigenvalue weighted by Crippen LogP contribution is -2.49. The van der Waals surface area contributed by atoms with Gasteiger partial charge in [-0.25, -0.2) is 15.0 Å². The summed E-state index contributed by atoms with van der Waals surface area (Å²) >= 11 is 13.5. The first-order valence-electron chi connectivity index (χ1n) is 9.05. The van der Waals surface area contributed by atoms with Crippen LogP contribution in [0.3, 0.4) is 0 Å². The molecule has 1 aliphatic rings. The molecule has 0 bridgehead atoms. The Labute approximate surface area is 182 Å². The highest BCUT2D eigenvalue weighted by Gasteiger charge is 2.22. The Hall–Kier alpha value is -2.42. The van der Waals surface area contributed by atoms with Crippen molar-refractivity contribution < 1.29 is 4.79 Å². The van der Waals surface area contributed by atoms with Crippen LogP contribution in [0.5, 0.6) is 0 Å². The fourth-order valence-corrected chi connectivity index (χ4v) is 4.06. The molecule has 150 valence electrons. The number of hydrogen-bond donors (Lipinski definition) is 1. The molecule has 1 N–H and O–H groups in total. The maximum Gasteiger partial charge on any atom is 0.228 e. The van der Waals surface area contributed by atoms with E-state index in [2.05, 4.69) is 25.2 Å². The van der Waals surface area contributed by atoms with Gasteiger partial charge in [0.05, 0.1) is 22.2 Å². The van der Waals surface area contributed by atoms with Gasteiger partial charge in [0, 0.05) is 49.6 Å². The quantitative estimate of drug-likeness (QED) is 0.638. The molecule has 3 heterocycles. The maximum atomic E-state index is 12.7. The molecule has 0 unspecified atom stereocenters. The first-order valence-corrected chi connectivity index (χ1v) is 10.7. The molecular formula is C19H18Cl2N6OS. The number of thiazole rings is 1. The second-order valence-corrected chi connectivity index (χ2v) is 8.16. The number of aromatic nitrogens is 3. The van der Waals surface area contributed by atoms with Gasteiger partial charge in [0.15, 0.2) is 5.13 Å². The van der Waals surface area contributed by atoms with Crippen LogP contribution in [-0.2, 0) is 11.2 Å². The van der Waals surface area contributed by atoms with Gasteiger partial charge in [0.1, 0.15) is 0 Å². The van der Waals surface area contributed by atoms with Gasteiger partial charge >= 0.3 is 0 Å². The van der Waals surface area contributed by atoms with Gasteiger partial charge in [0.25, 0.3) is 0 Å². The summed E-state index contributed by atoms with van der Waals surface area (Å²) in [6, 6.07) is 7.36. The summed E-state index contributed by atoms with van der Waals surface area (Å²) in [5, 5.41) is 6.68. The molecule has 7 nitrogen and oxygen atoms in total. The fourth-order valence-electron chi connectivity index (χ4n) is 3.07. The molecule has 0 radical (unpaired) electrons. The minimum Gasteiger partial charge on any atom is -0.368 e. The zero-order chi connectivity index (χ0) is 20.2. The minimum absolute atomic E-state index is 0.0756. The molecular weight excluding hydrogens is 431 g/mol. The lowest BCUT2D eigenvalue weighted by Gasteiger charge is -2.36. The van der Waals surface area contributed by atoms with Crippen molar-refractivity contribution in [2.75, 3.05) is 36.4 Å². The molecule has 0 saturated carbocycles. The average Bonchev–Trinajstić information content (AvgIpc) is 3.17. The monoisotopic (exact) mass is 448 g/mol. The largest absolute Gasteiger partial charge is 0.368 e. The zero-order valence-electron chi connectivity index (χ0n) is 15.4. The number of nitrogens with zero attached hydrogens (tertiary/aromatic N) is 5. The van der Waals surface area contributed by atoms with E-state index in [-0.39, 0.29) is 12.3 Å². The van der Waals surface area contributed by atoms with Crippen molar-refractivity contribution in [3.05, 3.63) is 57.8 Å². The number of carbonyl (C=O) groups excluding carboxylic acids is 1. The van der Waals surface area contributed by atoms with E-state index in [1.807, 2.05) is 22.4 Å². The lowest BCUT2D eigenvalue weighted by molar-refractivity contribution is -0.130. The molecule has 1 aromatic carbocycles. The number of halogens is 2. The smallest absolute Gasteiger partial charge is 0.228 e. The van der Waals surface area contributed by atoms with Crippen molar-refractivity contribution in [2.45, 2.75) is 6.42 Å². The summed E-state index contributed by atoms with van der Waals surface area (Å²) < 4.78 is 0. The van der Waals surface area contributed by atoms with E-state index in [9.17, 15) is 4.79 Å². The van der Waals surface area contributed by atoms with Gasteiger partial charge in [0.2, 0.25) is 11.9 Å². The zero-order valence-corrected chi connectivity index (χ0v) is 17.7. The number of carbonyl (C=O) groups is 1. The fraction of sp³-hybridized carbons (Fsp3) is 0.263. The summed E-state index contributed by atoms with van der Waals surface area (Å²) in [7, 11) is 0. The first-order chi connectivity index (χ1) is 14.1. The molecule has 10 heteroatoms. The Morgan fingerprint density at radius 1 is 1.10 bits per heavy atom. The summed E-state index contributed by atoms with van der Waals surface area (Å²) in [6.07, 6.45) is 3.59. The van der Waals surface area contributed by atoms with Crippen LogP contribution in [0.4, 0.5) is 16.8 Å². The van der Waals surface area contributed by atoms with Crippen molar-refractivity contribution >= 4 is 57.2 Å². The summed E-state index contributed by atoms with van der Waals surface area (Å²) in [5.74, 6) is 0.560. The van der Waals surface area contributed by atoms with E-state index in [4.69, 9.17) is 23.2 Å². The number of piperazine rings is 1. The van der Waals surface area contributed by atoms with Crippen LogP contribution >= 0.6 is 34.5 Å². The van der Waals surface area contributed by atoms with Crippen LogP contribution in [0.15, 0.2) is 42.0 Å². The molecule has 1 aliphatic heterocycles. The Bertz CT molecular complexity index is 991. The predicted molar refractivity (Wildman–Crippen MR) is 116 cm³/mol. The van der Waals surface area contributed by atoms with Gasteiger partial charge in [-0.3, -0.25) is 4.79 Å². The predicted octanol–water partition coefficient (Wildman–Crippen LogP) is 3.87. The van der Waals surface area contributed by atoms with Gasteiger partial charge in [-0.05, 0) is 24.3 Å². The highest BCUT2D eigenvalue weighted by Crippen LogP contribution is 2.28.